The summed E-state index contributed by atoms with van der Waals surface area (Å²) in [5.74, 6) is -1.44. The SMILES string of the molecule is CC(C)[C@H](/C=C/[C@@H](C)[C@H]1C[C@@H](O)C2[C@]3(O)C[C@H](O)C4[C@@H](O)[C@@H](O)CC[C@]4(C)C3CC[C@@]21C)O[C@@H]1O[C@@H](CO)[C@H](O)[C@H]1O[C@@H]1OC[C@@H](O)[C@H](O)[C@H]1O. The predicted octanol–water partition coefficient (Wildman–Crippen LogP) is -0.831. The molecule has 0 aromatic carbocycles. The molecule has 0 aromatic rings. The zero-order chi connectivity index (χ0) is 37.4. The second-order valence-corrected chi connectivity index (χ2v) is 17.5. The molecule has 0 radical (unpaired) electrons. The van der Waals surface area contributed by atoms with Crippen LogP contribution in [0.3, 0.4) is 0 Å². The molecule has 2 saturated heterocycles. The highest BCUT2D eigenvalue weighted by molar-refractivity contribution is 5.21. The van der Waals surface area contributed by atoms with Crippen molar-refractivity contribution in [2.75, 3.05) is 13.2 Å². The molecule has 0 spiro atoms. The van der Waals surface area contributed by atoms with Gasteiger partial charge in [-0.2, -0.15) is 0 Å². The zero-order valence-electron chi connectivity index (χ0n) is 30.4. The van der Waals surface area contributed by atoms with Gasteiger partial charge < -0.3 is 70.0 Å². The molecule has 10 N–H and O–H groups in total. The molecule has 14 nitrogen and oxygen atoms in total. The van der Waals surface area contributed by atoms with E-state index in [0.29, 0.717) is 25.7 Å². The first-order valence-corrected chi connectivity index (χ1v) is 18.9. The average molecular weight is 731 g/mol. The Morgan fingerprint density at radius 3 is 2.14 bits per heavy atom. The first-order valence-electron chi connectivity index (χ1n) is 18.9. The third kappa shape index (κ3) is 6.66. The Morgan fingerprint density at radius 1 is 0.784 bits per heavy atom. The molecule has 2 aliphatic heterocycles. The summed E-state index contributed by atoms with van der Waals surface area (Å²) in [5, 5.41) is 108. The van der Waals surface area contributed by atoms with Crippen LogP contribution < -0.4 is 0 Å². The summed E-state index contributed by atoms with van der Waals surface area (Å²) < 4.78 is 23.4. The minimum absolute atomic E-state index is 0.0147. The maximum absolute atomic E-state index is 12.6. The van der Waals surface area contributed by atoms with Gasteiger partial charge in [0, 0.05) is 18.3 Å². The summed E-state index contributed by atoms with van der Waals surface area (Å²) in [5.41, 5.74) is -2.39. The highest BCUT2D eigenvalue weighted by Crippen LogP contribution is 2.69. The zero-order valence-corrected chi connectivity index (χ0v) is 30.4. The normalized spacial score (nSPS) is 54.3. The van der Waals surface area contributed by atoms with Gasteiger partial charge in [0.15, 0.2) is 12.6 Å². The number of rotatable bonds is 9. The largest absolute Gasteiger partial charge is 0.394 e. The Labute approximate surface area is 300 Å². The Kier molecular flexibility index (Phi) is 11.5. The smallest absolute Gasteiger partial charge is 0.187 e. The van der Waals surface area contributed by atoms with E-state index in [0.717, 1.165) is 6.42 Å². The van der Waals surface area contributed by atoms with Crippen molar-refractivity contribution in [2.24, 2.45) is 46.3 Å². The Hall–Kier alpha value is -0.820. The van der Waals surface area contributed by atoms with Gasteiger partial charge in [-0.05, 0) is 66.6 Å². The van der Waals surface area contributed by atoms with Crippen molar-refractivity contribution in [3.05, 3.63) is 12.2 Å². The van der Waals surface area contributed by atoms with Gasteiger partial charge in [-0.25, -0.2) is 0 Å². The topological polar surface area (TPSA) is 239 Å². The van der Waals surface area contributed by atoms with Gasteiger partial charge in [0.05, 0.1) is 49.3 Å². The molecule has 0 aromatic heterocycles. The minimum atomic E-state index is -1.60. The van der Waals surface area contributed by atoms with E-state index in [1.165, 1.54) is 0 Å². The van der Waals surface area contributed by atoms with E-state index in [1.807, 2.05) is 32.9 Å². The molecule has 0 bridgehead atoms. The second-order valence-electron chi connectivity index (χ2n) is 17.5. The van der Waals surface area contributed by atoms with Crippen LogP contribution in [0, 0.1) is 46.3 Å². The van der Waals surface area contributed by atoms with E-state index < -0.39 is 115 Å². The van der Waals surface area contributed by atoms with Gasteiger partial charge >= 0.3 is 0 Å². The van der Waals surface area contributed by atoms with Gasteiger partial charge in [-0.3, -0.25) is 0 Å². The van der Waals surface area contributed by atoms with Gasteiger partial charge in [0.1, 0.15) is 36.6 Å². The molecule has 6 fully saturated rings. The molecule has 294 valence electrons. The monoisotopic (exact) mass is 730 g/mol. The first-order chi connectivity index (χ1) is 23.9. The van der Waals surface area contributed by atoms with Crippen LogP contribution in [-0.2, 0) is 18.9 Å². The Morgan fingerprint density at radius 2 is 1.47 bits per heavy atom. The van der Waals surface area contributed by atoms with Gasteiger partial charge in [-0.15, -0.1) is 0 Å². The molecule has 3 unspecified atom stereocenters. The maximum atomic E-state index is 12.6. The summed E-state index contributed by atoms with van der Waals surface area (Å²) >= 11 is 0. The number of hydrogen-bond donors (Lipinski definition) is 10. The lowest BCUT2D eigenvalue weighted by Crippen LogP contribution is -2.70. The van der Waals surface area contributed by atoms with Crippen LogP contribution in [-0.4, -0.2) is 150 Å². The van der Waals surface area contributed by atoms with E-state index in [2.05, 4.69) is 13.8 Å². The standard InChI is InChI=1S/C37H62O14/c1-16(2)23(49-34-31(29(45)24(14-38)50-34)51-33-30(46)28(44)22(42)15-48-33)7-6-17(3)18-12-20(40)32-35(18,4)11-9-25-36(5)10-8-19(39)27(43)26(36)21(41)13-37(25,32)47/h6-7,16-34,38-47H,8-15H2,1-5H3/b7-6+/t17-,18-,19+,20-,21+,22-,23+,24+,25?,26?,27+,28+,29+,30-,31-,32?,33+,34-,35-,36-,37+/m1/s1. The lowest BCUT2D eigenvalue weighted by molar-refractivity contribution is -0.306. The van der Waals surface area contributed by atoms with Crippen LogP contribution in [0.1, 0.15) is 73.1 Å². The van der Waals surface area contributed by atoms with Gasteiger partial charge in [0.2, 0.25) is 0 Å². The predicted molar refractivity (Wildman–Crippen MR) is 179 cm³/mol. The lowest BCUT2D eigenvalue weighted by atomic mass is 9.41. The van der Waals surface area contributed by atoms with E-state index in [9.17, 15) is 51.1 Å². The Bertz CT molecular complexity index is 1240. The molecule has 21 atom stereocenters. The third-order valence-corrected chi connectivity index (χ3v) is 14.2. The van der Waals surface area contributed by atoms with E-state index >= 15 is 0 Å². The van der Waals surface area contributed by atoms with Crippen LogP contribution in [0.25, 0.3) is 0 Å². The fourth-order valence-corrected chi connectivity index (χ4v) is 11.6. The molecule has 6 aliphatic rings. The quantitative estimate of drug-likeness (QED) is 0.130. The number of aliphatic hydroxyl groups excluding tert-OH is 9. The second kappa shape index (κ2) is 14.7. The molecule has 14 heteroatoms. The van der Waals surface area contributed by atoms with E-state index in [4.69, 9.17) is 18.9 Å². The summed E-state index contributed by atoms with van der Waals surface area (Å²) in [6, 6.07) is 0. The van der Waals surface area contributed by atoms with Crippen molar-refractivity contribution >= 4 is 0 Å². The minimum Gasteiger partial charge on any atom is -0.394 e. The summed E-state index contributed by atoms with van der Waals surface area (Å²) in [6.45, 7) is 9.32. The van der Waals surface area contributed by atoms with Crippen LogP contribution in [0.4, 0.5) is 0 Å². The first kappa shape index (κ1) is 39.9. The highest BCUT2D eigenvalue weighted by atomic mass is 16.8. The molecular weight excluding hydrogens is 668 g/mol. The van der Waals surface area contributed by atoms with Crippen LogP contribution in [0.15, 0.2) is 12.2 Å². The van der Waals surface area contributed by atoms with Crippen molar-refractivity contribution < 1.29 is 70.0 Å². The van der Waals surface area contributed by atoms with Crippen molar-refractivity contribution in [1.82, 2.24) is 0 Å². The molecule has 4 saturated carbocycles. The van der Waals surface area contributed by atoms with Gasteiger partial charge in [-0.1, -0.05) is 46.8 Å². The molecular formula is C37H62O14. The number of hydrogen-bond acceptors (Lipinski definition) is 14. The summed E-state index contributed by atoms with van der Waals surface area (Å²) in [6.07, 6.45) is -8.07. The number of fused-ring (bicyclic) bond motifs is 5. The van der Waals surface area contributed by atoms with E-state index in [1.54, 1.807) is 0 Å². The number of aliphatic hydroxyl groups is 10. The molecule has 4 aliphatic carbocycles. The van der Waals surface area contributed by atoms with Crippen molar-refractivity contribution in [2.45, 2.75) is 158 Å². The molecule has 6 rings (SSSR count). The van der Waals surface area contributed by atoms with Crippen molar-refractivity contribution in [1.29, 1.82) is 0 Å². The Balaban J connectivity index is 1.18. The fourth-order valence-electron chi connectivity index (χ4n) is 11.6. The highest BCUT2D eigenvalue weighted by Gasteiger charge is 2.71. The average Bonchev–Trinajstić information content (AvgIpc) is 3.52. The van der Waals surface area contributed by atoms with Crippen LogP contribution >= 0.6 is 0 Å². The van der Waals surface area contributed by atoms with E-state index in [-0.39, 0.29) is 36.7 Å². The fraction of sp³-hybridized carbons (Fsp3) is 0.946. The van der Waals surface area contributed by atoms with Crippen LogP contribution in [0.2, 0.25) is 0 Å². The van der Waals surface area contributed by atoms with Gasteiger partial charge in [0.25, 0.3) is 0 Å². The molecule has 2 heterocycles. The maximum Gasteiger partial charge on any atom is 0.187 e. The summed E-state index contributed by atoms with van der Waals surface area (Å²) in [4.78, 5) is 0. The number of ether oxygens (including phenoxy) is 4. The van der Waals surface area contributed by atoms with Crippen molar-refractivity contribution in [3.63, 3.8) is 0 Å². The third-order valence-electron chi connectivity index (χ3n) is 14.2. The van der Waals surface area contributed by atoms with Crippen molar-refractivity contribution in [3.8, 4) is 0 Å². The van der Waals surface area contributed by atoms with Crippen LogP contribution in [0.5, 0.6) is 0 Å². The molecule has 0 amide bonds. The summed E-state index contributed by atoms with van der Waals surface area (Å²) in [7, 11) is 0. The lowest BCUT2D eigenvalue weighted by Gasteiger charge is -2.66. The molecule has 51 heavy (non-hydrogen) atoms. The number of allylic oxidation sites excluding steroid dienone is 1.